The van der Waals surface area contributed by atoms with Gasteiger partial charge in [0.1, 0.15) is 34.4 Å². The highest BCUT2D eigenvalue weighted by Crippen LogP contribution is 2.35. The molecule has 0 bridgehead atoms. The summed E-state index contributed by atoms with van der Waals surface area (Å²) in [6.45, 7) is 0. The average molecular weight is 454 g/mol. The molecule has 32 heavy (non-hydrogen) atoms. The molecule has 0 saturated heterocycles. The van der Waals surface area contributed by atoms with E-state index in [0.29, 0.717) is 17.3 Å². The van der Waals surface area contributed by atoms with Gasteiger partial charge in [-0.2, -0.15) is 23.7 Å². The number of nitriles is 2. The molecule has 1 aromatic carbocycles. The maximum atomic E-state index is 12.6. The van der Waals surface area contributed by atoms with Crippen molar-refractivity contribution in [2.75, 3.05) is 16.8 Å². The molecule has 0 atom stereocenters. The zero-order valence-electron chi connectivity index (χ0n) is 16.1. The third-order valence-electron chi connectivity index (χ3n) is 4.18. The second kappa shape index (κ2) is 9.37. The molecule has 0 spiro atoms. The number of hydrogen-bond acceptors (Lipinski definition) is 7. The van der Waals surface area contributed by atoms with Gasteiger partial charge in [0.25, 0.3) is 0 Å². The molecule has 0 saturated carbocycles. The number of nitrogens with one attached hydrogen (secondary N) is 1. The number of rotatable bonds is 5. The molecule has 0 fully saturated rings. The first kappa shape index (κ1) is 22.6. The van der Waals surface area contributed by atoms with Crippen LogP contribution >= 0.6 is 11.8 Å². The van der Waals surface area contributed by atoms with Crippen molar-refractivity contribution in [3.8, 4) is 23.3 Å². The number of carbonyl (C=O) groups excluding carboxylic acids is 1. The Hall–Kier alpha value is -4.09. The lowest BCUT2D eigenvalue weighted by molar-refractivity contribution is -0.137. The number of carbonyl (C=O) groups is 1. The van der Waals surface area contributed by atoms with Gasteiger partial charge in [-0.25, -0.2) is 9.97 Å². The second-order valence-electron chi connectivity index (χ2n) is 6.28. The first-order valence-corrected chi connectivity index (χ1v) is 9.88. The summed E-state index contributed by atoms with van der Waals surface area (Å²) in [5.74, 6) is -0.930. The zero-order chi connectivity index (χ0) is 23.3. The molecular formula is C21H13F3N6OS. The van der Waals surface area contributed by atoms with Crippen LogP contribution in [-0.4, -0.2) is 21.6 Å². The first-order chi connectivity index (χ1) is 15.2. The van der Waals surface area contributed by atoms with Gasteiger partial charge in [-0.1, -0.05) is 42.1 Å². The minimum absolute atomic E-state index is 0.0514. The fraction of sp³-hybridized carbons (Fsp3) is 0.0952. The topological polar surface area (TPSA) is 128 Å². The van der Waals surface area contributed by atoms with E-state index < -0.39 is 17.6 Å². The molecule has 0 aliphatic carbocycles. The van der Waals surface area contributed by atoms with Crippen LogP contribution in [0, 0.1) is 22.7 Å². The van der Waals surface area contributed by atoms with E-state index in [1.54, 1.807) is 30.3 Å². The number of nitrogens with two attached hydrogens (primary N) is 1. The number of anilines is 2. The minimum Gasteiger partial charge on any atom is -0.383 e. The van der Waals surface area contributed by atoms with Crippen LogP contribution in [0.3, 0.4) is 0 Å². The van der Waals surface area contributed by atoms with E-state index in [0.717, 1.165) is 23.9 Å². The Morgan fingerprint density at radius 2 is 1.78 bits per heavy atom. The molecule has 0 radical (unpaired) electrons. The van der Waals surface area contributed by atoms with Gasteiger partial charge in [0.15, 0.2) is 0 Å². The van der Waals surface area contributed by atoms with Crippen LogP contribution in [0.4, 0.5) is 24.8 Å². The normalized spacial score (nSPS) is 10.8. The molecule has 3 aromatic rings. The number of nitrogens with zero attached hydrogens (tertiary/aromatic N) is 4. The Balaban J connectivity index is 1.82. The summed E-state index contributed by atoms with van der Waals surface area (Å²) in [4.78, 5) is 19.9. The van der Waals surface area contributed by atoms with E-state index in [-0.39, 0.29) is 33.5 Å². The lowest BCUT2D eigenvalue weighted by Gasteiger charge is -2.13. The SMILES string of the molecule is N#Cc1c(N)nc(SCC(=O)Nc2ccc(C(F)(F)F)cn2)c(C#N)c1-c1ccccc1. The molecule has 11 heteroatoms. The predicted octanol–water partition coefficient (Wildman–Crippen LogP) is 4.22. The quantitative estimate of drug-likeness (QED) is 0.552. The fourth-order valence-corrected chi connectivity index (χ4v) is 3.54. The fourth-order valence-electron chi connectivity index (χ4n) is 2.74. The molecule has 160 valence electrons. The van der Waals surface area contributed by atoms with Crippen molar-refractivity contribution in [1.29, 1.82) is 10.5 Å². The average Bonchev–Trinajstić information content (AvgIpc) is 2.77. The maximum absolute atomic E-state index is 12.6. The highest BCUT2D eigenvalue weighted by Gasteiger charge is 2.30. The van der Waals surface area contributed by atoms with Crippen LogP contribution in [0.5, 0.6) is 0 Å². The van der Waals surface area contributed by atoms with Crippen molar-refractivity contribution in [2.45, 2.75) is 11.2 Å². The molecular weight excluding hydrogens is 441 g/mol. The Morgan fingerprint density at radius 1 is 1.09 bits per heavy atom. The number of benzene rings is 1. The number of thioether (sulfide) groups is 1. The Morgan fingerprint density at radius 3 is 2.34 bits per heavy atom. The van der Waals surface area contributed by atoms with Gasteiger partial charge in [0, 0.05) is 11.8 Å². The van der Waals surface area contributed by atoms with Crippen LogP contribution in [0.1, 0.15) is 16.7 Å². The van der Waals surface area contributed by atoms with E-state index in [1.807, 2.05) is 12.1 Å². The van der Waals surface area contributed by atoms with Crippen LogP contribution in [-0.2, 0) is 11.0 Å². The molecule has 7 nitrogen and oxygen atoms in total. The van der Waals surface area contributed by atoms with Gasteiger partial charge >= 0.3 is 6.18 Å². The summed E-state index contributed by atoms with van der Waals surface area (Å²) >= 11 is 0.906. The molecule has 2 heterocycles. The van der Waals surface area contributed by atoms with Crippen molar-refractivity contribution >= 4 is 29.3 Å². The number of amides is 1. The number of pyridine rings is 2. The number of hydrogen-bond donors (Lipinski definition) is 2. The van der Waals surface area contributed by atoms with Crippen molar-refractivity contribution in [2.24, 2.45) is 0 Å². The van der Waals surface area contributed by atoms with Gasteiger partial charge < -0.3 is 11.1 Å². The van der Waals surface area contributed by atoms with Gasteiger partial charge in [0.05, 0.1) is 16.9 Å². The van der Waals surface area contributed by atoms with E-state index in [4.69, 9.17) is 5.73 Å². The van der Waals surface area contributed by atoms with Crippen molar-refractivity contribution < 1.29 is 18.0 Å². The van der Waals surface area contributed by atoms with Gasteiger partial charge in [0.2, 0.25) is 5.91 Å². The third kappa shape index (κ3) is 4.96. The van der Waals surface area contributed by atoms with Crippen molar-refractivity contribution in [3.63, 3.8) is 0 Å². The predicted molar refractivity (Wildman–Crippen MR) is 112 cm³/mol. The molecule has 2 aromatic heterocycles. The smallest absolute Gasteiger partial charge is 0.383 e. The summed E-state index contributed by atoms with van der Waals surface area (Å²) < 4.78 is 37.8. The minimum atomic E-state index is -4.53. The van der Waals surface area contributed by atoms with E-state index in [9.17, 15) is 28.5 Å². The van der Waals surface area contributed by atoms with Crippen molar-refractivity contribution in [1.82, 2.24) is 9.97 Å². The van der Waals surface area contributed by atoms with Gasteiger partial charge in [-0.05, 0) is 17.7 Å². The number of alkyl halides is 3. The number of halogens is 3. The molecule has 0 aliphatic heterocycles. The Kier molecular flexibility index (Phi) is 6.61. The van der Waals surface area contributed by atoms with E-state index in [1.165, 1.54) is 0 Å². The molecule has 1 amide bonds. The van der Waals surface area contributed by atoms with Crippen LogP contribution < -0.4 is 11.1 Å². The summed E-state index contributed by atoms with van der Waals surface area (Å²) in [5, 5.41) is 21.7. The van der Waals surface area contributed by atoms with Crippen molar-refractivity contribution in [3.05, 3.63) is 65.4 Å². The van der Waals surface area contributed by atoms with E-state index >= 15 is 0 Å². The lowest BCUT2D eigenvalue weighted by atomic mass is 9.97. The Bertz CT molecular complexity index is 1230. The molecule has 0 aliphatic rings. The lowest BCUT2D eigenvalue weighted by Crippen LogP contribution is -2.16. The summed E-state index contributed by atoms with van der Waals surface area (Å²) in [7, 11) is 0. The standard InChI is InChI=1S/C21H13F3N6OS/c22-21(23,24)13-6-7-16(28-10-13)29-17(31)11-32-20-15(9-26)18(12-4-2-1-3-5-12)14(8-25)19(27)30-20/h1-7,10H,11H2,(H2,27,30)(H,28,29,31). The summed E-state index contributed by atoms with van der Waals surface area (Å²) in [5.41, 5.74) is 6.03. The molecule has 0 unspecified atom stereocenters. The number of aromatic nitrogens is 2. The van der Waals surface area contributed by atoms with Crippen LogP contribution in [0.2, 0.25) is 0 Å². The zero-order valence-corrected chi connectivity index (χ0v) is 17.0. The van der Waals surface area contributed by atoms with Gasteiger partial charge in [-0.3, -0.25) is 4.79 Å². The molecule has 3 rings (SSSR count). The van der Waals surface area contributed by atoms with Crippen LogP contribution in [0.25, 0.3) is 11.1 Å². The Labute approximate surface area is 184 Å². The summed E-state index contributed by atoms with van der Waals surface area (Å²) in [6, 6.07) is 14.5. The largest absolute Gasteiger partial charge is 0.417 e. The highest BCUT2D eigenvalue weighted by molar-refractivity contribution is 8.00. The van der Waals surface area contributed by atoms with Gasteiger partial charge in [-0.15, -0.1) is 0 Å². The maximum Gasteiger partial charge on any atom is 0.417 e. The molecule has 3 N–H and O–H groups in total. The van der Waals surface area contributed by atoms with Crippen LogP contribution in [0.15, 0.2) is 53.7 Å². The first-order valence-electron chi connectivity index (χ1n) is 8.89. The summed E-state index contributed by atoms with van der Waals surface area (Å²) in [6.07, 6.45) is -3.91. The monoisotopic (exact) mass is 454 g/mol. The highest BCUT2D eigenvalue weighted by atomic mass is 32.2. The number of nitrogen functional groups attached to an aromatic ring is 1. The second-order valence-corrected chi connectivity index (χ2v) is 7.25. The van der Waals surface area contributed by atoms with E-state index in [2.05, 4.69) is 15.3 Å². The third-order valence-corrected chi connectivity index (χ3v) is 5.15.